The van der Waals surface area contributed by atoms with Crippen LogP contribution in [0.3, 0.4) is 0 Å². The SMILES string of the molecule is CNC(NC)c1ccc(S(=O)(=O)C(C)C)cc1. The van der Waals surface area contributed by atoms with Gasteiger partial charge in [0.2, 0.25) is 0 Å². The lowest BCUT2D eigenvalue weighted by molar-refractivity contribution is 0.519. The summed E-state index contributed by atoms with van der Waals surface area (Å²) >= 11 is 0. The molecule has 5 heteroatoms. The first kappa shape index (κ1) is 14.2. The lowest BCUT2D eigenvalue weighted by Gasteiger charge is -2.16. The molecule has 1 aromatic rings. The highest BCUT2D eigenvalue weighted by atomic mass is 32.2. The minimum absolute atomic E-state index is 0.0332. The smallest absolute Gasteiger partial charge is 0.180 e. The molecule has 17 heavy (non-hydrogen) atoms. The normalized spacial score (nSPS) is 12.4. The number of nitrogens with one attached hydrogen (secondary N) is 2. The summed E-state index contributed by atoms with van der Waals surface area (Å²) in [6.07, 6.45) is 0.0332. The third-order valence-corrected chi connectivity index (χ3v) is 4.91. The summed E-state index contributed by atoms with van der Waals surface area (Å²) in [6.45, 7) is 3.38. The second kappa shape index (κ2) is 5.62. The summed E-state index contributed by atoms with van der Waals surface area (Å²) in [4.78, 5) is 0.377. The molecular weight excluding hydrogens is 236 g/mol. The van der Waals surface area contributed by atoms with E-state index in [0.717, 1.165) is 5.56 Å². The van der Waals surface area contributed by atoms with Gasteiger partial charge in [-0.2, -0.15) is 0 Å². The van der Waals surface area contributed by atoms with Gasteiger partial charge in [0.25, 0.3) is 0 Å². The maximum atomic E-state index is 11.9. The number of benzene rings is 1. The van der Waals surface area contributed by atoms with Crippen LogP contribution in [0.25, 0.3) is 0 Å². The zero-order chi connectivity index (χ0) is 13.1. The summed E-state index contributed by atoms with van der Waals surface area (Å²) in [5.74, 6) is 0. The van der Waals surface area contributed by atoms with Crippen molar-refractivity contribution in [2.24, 2.45) is 0 Å². The number of rotatable bonds is 5. The third kappa shape index (κ3) is 3.06. The molecule has 0 fully saturated rings. The van der Waals surface area contributed by atoms with Crippen molar-refractivity contribution in [1.29, 1.82) is 0 Å². The Kier molecular flexibility index (Phi) is 4.68. The van der Waals surface area contributed by atoms with Crippen molar-refractivity contribution in [2.45, 2.75) is 30.2 Å². The van der Waals surface area contributed by atoms with Gasteiger partial charge in [0.1, 0.15) is 0 Å². The molecule has 4 nitrogen and oxygen atoms in total. The molecule has 0 heterocycles. The Balaban J connectivity index is 3.04. The average Bonchev–Trinajstić information content (AvgIpc) is 2.31. The van der Waals surface area contributed by atoms with Gasteiger partial charge in [-0.1, -0.05) is 12.1 Å². The molecule has 0 atom stereocenters. The van der Waals surface area contributed by atoms with E-state index in [-0.39, 0.29) is 6.17 Å². The highest BCUT2D eigenvalue weighted by Gasteiger charge is 2.19. The minimum Gasteiger partial charge on any atom is -0.301 e. The molecule has 0 unspecified atom stereocenters. The predicted molar refractivity (Wildman–Crippen MR) is 69.6 cm³/mol. The van der Waals surface area contributed by atoms with Crippen LogP contribution in [0.5, 0.6) is 0 Å². The lowest BCUT2D eigenvalue weighted by Crippen LogP contribution is -2.28. The van der Waals surface area contributed by atoms with Crippen LogP contribution < -0.4 is 10.6 Å². The molecule has 0 aromatic heterocycles. The van der Waals surface area contributed by atoms with Crippen molar-refractivity contribution in [3.8, 4) is 0 Å². The second-order valence-corrected chi connectivity index (χ2v) is 6.68. The Hall–Kier alpha value is -0.910. The van der Waals surface area contributed by atoms with Crippen LogP contribution >= 0.6 is 0 Å². The van der Waals surface area contributed by atoms with Crippen molar-refractivity contribution >= 4 is 9.84 Å². The fraction of sp³-hybridized carbons (Fsp3) is 0.500. The van der Waals surface area contributed by atoms with Crippen LogP contribution in [0.4, 0.5) is 0 Å². The first-order valence-electron chi connectivity index (χ1n) is 5.62. The molecule has 0 saturated carbocycles. The molecular formula is C12H20N2O2S. The Morgan fingerprint density at radius 1 is 1.00 bits per heavy atom. The van der Waals surface area contributed by atoms with Gasteiger partial charge in [-0.3, -0.25) is 0 Å². The fourth-order valence-corrected chi connectivity index (χ4v) is 2.66. The van der Waals surface area contributed by atoms with Gasteiger partial charge in [0, 0.05) is 0 Å². The monoisotopic (exact) mass is 256 g/mol. The van der Waals surface area contributed by atoms with Gasteiger partial charge in [0.05, 0.1) is 16.3 Å². The molecule has 96 valence electrons. The van der Waals surface area contributed by atoms with Crippen LogP contribution in [0.15, 0.2) is 29.2 Å². The summed E-state index contributed by atoms with van der Waals surface area (Å²) in [5.41, 5.74) is 1.01. The molecule has 0 aliphatic heterocycles. The summed E-state index contributed by atoms with van der Waals surface area (Å²) in [6, 6.07) is 6.97. The maximum absolute atomic E-state index is 11.9. The molecule has 2 N–H and O–H groups in total. The van der Waals surface area contributed by atoms with Crippen LogP contribution in [-0.4, -0.2) is 27.8 Å². The Morgan fingerprint density at radius 3 is 1.82 bits per heavy atom. The fourth-order valence-electron chi connectivity index (χ4n) is 1.60. The van der Waals surface area contributed by atoms with Crippen molar-refractivity contribution in [1.82, 2.24) is 10.6 Å². The van der Waals surface area contributed by atoms with Gasteiger partial charge in [-0.05, 0) is 45.6 Å². The molecule has 0 bridgehead atoms. The van der Waals surface area contributed by atoms with E-state index in [4.69, 9.17) is 0 Å². The summed E-state index contributed by atoms with van der Waals surface area (Å²) < 4.78 is 23.8. The number of hydrogen-bond donors (Lipinski definition) is 2. The van der Waals surface area contributed by atoms with E-state index in [0.29, 0.717) is 4.90 Å². The molecule has 0 aliphatic rings. The average molecular weight is 256 g/mol. The largest absolute Gasteiger partial charge is 0.301 e. The second-order valence-electron chi connectivity index (χ2n) is 4.17. The third-order valence-electron chi connectivity index (χ3n) is 2.74. The summed E-state index contributed by atoms with van der Waals surface area (Å²) in [5, 5.41) is 5.79. The minimum atomic E-state index is -3.17. The Morgan fingerprint density at radius 2 is 1.47 bits per heavy atom. The Bertz CT molecular complexity index is 448. The predicted octanol–water partition coefficient (Wildman–Crippen LogP) is 1.31. The zero-order valence-corrected chi connectivity index (χ0v) is 11.5. The van der Waals surface area contributed by atoms with Gasteiger partial charge in [-0.25, -0.2) is 8.42 Å². The van der Waals surface area contributed by atoms with Gasteiger partial charge < -0.3 is 10.6 Å². The van der Waals surface area contributed by atoms with Crippen molar-refractivity contribution in [3.63, 3.8) is 0 Å². The van der Waals surface area contributed by atoms with E-state index in [1.165, 1.54) is 0 Å². The molecule has 0 spiro atoms. The molecule has 0 radical (unpaired) electrons. The maximum Gasteiger partial charge on any atom is 0.180 e. The van der Waals surface area contributed by atoms with Crippen LogP contribution in [0.1, 0.15) is 25.6 Å². The van der Waals surface area contributed by atoms with E-state index < -0.39 is 15.1 Å². The molecule has 1 rings (SSSR count). The van der Waals surface area contributed by atoms with E-state index in [2.05, 4.69) is 10.6 Å². The van der Waals surface area contributed by atoms with Gasteiger partial charge in [0.15, 0.2) is 9.84 Å². The quantitative estimate of drug-likeness (QED) is 0.780. The standard InChI is InChI=1S/C12H20N2O2S/c1-9(2)17(15,16)11-7-5-10(6-8-11)12(13-3)14-4/h5-9,12-14H,1-4H3. The van der Waals surface area contributed by atoms with Gasteiger partial charge >= 0.3 is 0 Å². The first-order valence-corrected chi connectivity index (χ1v) is 7.16. The van der Waals surface area contributed by atoms with E-state index in [1.807, 2.05) is 26.2 Å². The van der Waals surface area contributed by atoms with Crippen molar-refractivity contribution < 1.29 is 8.42 Å². The zero-order valence-electron chi connectivity index (χ0n) is 10.7. The van der Waals surface area contributed by atoms with Crippen LogP contribution in [0, 0.1) is 0 Å². The van der Waals surface area contributed by atoms with E-state index in [9.17, 15) is 8.42 Å². The molecule has 0 amide bonds. The molecule has 0 saturated heterocycles. The number of sulfone groups is 1. The van der Waals surface area contributed by atoms with E-state index >= 15 is 0 Å². The Labute approximate surface area is 103 Å². The molecule has 0 aliphatic carbocycles. The molecule has 1 aromatic carbocycles. The topological polar surface area (TPSA) is 58.2 Å². The van der Waals surface area contributed by atoms with Crippen LogP contribution in [-0.2, 0) is 9.84 Å². The van der Waals surface area contributed by atoms with Crippen LogP contribution in [0.2, 0.25) is 0 Å². The summed E-state index contributed by atoms with van der Waals surface area (Å²) in [7, 11) is 0.521. The number of hydrogen-bond acceptors (Lipinski definition) is 4. The van der Waals surface area contributed by atoms with Gasteiger partial charge in [-0.15, -0.1) is 0 Å². The highest BCUT2D eigenvalue weighted by molar-refractivity contribution is 7.92. The first-order chi connectivity index (χ1) is 7.93. The van der Waals surface area contributed by atoms with Crippen molar-refractivity contribution in [2.75, 3.05) is 14.1 Å². The highest BCUT2D eigenvalue weighted by Crippen LogP contribution is 2.18. The van der Waals surface area contributed by atoms with E-state index in [1.54, 1.807) is 26.0 Å². The van der Waals surface area contributed by atoms with Crippen molar-refractivity contribution in [3.05, 3.63) is 29.8 Å². The lowest BCUT2D eigenvalue weighted by atomic mass is 10.2.